The van der Waals surface area contributed by atoms with Crippen LogP contribution in [0.5, 0.6) is 11.5 Å². The number of benzene rings is 1. The number of hydrogen-bond acceptors (Lipinski definition) is 3. The van der Waals surface area contributed by atoms with E-state index in [4.69, 9.17) is 9.47 Å². The van der Waals surface area contributed by atoms with Gasteiger partial charge in [-0.2, -0.15) is 0 Å². The molecule has 2 rings (SSSR count). The van der Waals surface area contributed by atoms with E-state index in [1.165, 1.54) is 18.4 Å². The summed E-state index contributed by atoms with van der Waals surface area (Å²) in [6, 6.07) is 6.85. The molecular formula is C16H23NO2. The Hall–Kier alpha value is -1.48. The summed E-state index contributed by atoms with van der Waals surface area (Å²) >= 11 is 0. The Labute approximate surface area is 115 Å². The number of rotatable bonds is 8. The predicted molar refractivity (Wildman–Crippen MR) is 77.8 cm³/mol. The van der Waals surface area contributed by atoms with Crippen molar-refractivity contribution in [1.82, 2.24) is 5.32 Å². The van der Waals surface area contributed by atoms with E-state index in [1.54, 1.807) is 0 Å². The Bertz CT molecular complexity index is 438. The Balaban J connectivity index is 2.01. The third-order valence-corrected chi connectivity index (χ3v) is 2.95. The van der Waals surface area contributed by atoms with Gasteiger partial charge in [-0.3, -0.25) is 0 Å². The first-order chi connectivity index (χ1) is 9.19. The van der Waals surface area contributed by atoms with Gasteiger partial charge in [-0.15, -0.1) is 0 Å². The lowest BCUT2D eigenvalue weighted by Gasteiger charge is -2.13. The predicted octanol–water partition coefficient (Wildman–Crippen LogP) is 3.29. The molecule has 3 heteroatoms. The van der Waals surface area contributed by atoms with Gasteiger partial charge in [0.1, 0.15) is 6.61 Å². The fourth-order valence-electron chi connectivity index (χ4n) is 1.80. The number of ether oxygens (including phenoxy) is 2. The van der Waals surface area contributed by atoms with E-state index >= 15 is 0 Å². The van der Waals surface area contributed by atoms with Crippen molar-refractivity contribution in [3.8, 4) is 11.5 Å². The van der Waals surface area contributed by atoms with Gasteiger partial charge in [-0.05, 0) is 50.0 Å². The molecule has 0 aromatic heterocycles. The molecule has 0 atom stereocenters. The maximum absolute atomic E-state index is 5.70. The molecule has 1 aliphatic rings. The minimum Gasteiger partial charge on any atom is -0.490 e. The summed E-state index contributed by atoms with van der Waals surface area (Å²) in [5.41, 5.74) is 2.24. The fourth-order valence-corrected chi connectivity index (χ4v) is 1.80. The van der Waals surface area contributed by atoms with Crippen LogP contribution in [0.15, 0.2) is 30.4 Å². The van der Waals surface area contributed by atoms with Crippen molar-refractivity contribution in [2.75, 3.05) is 13.2 Å². The molecule has 1 aromatic carbocycles. The molecule has 0 aliphatic heterocycles. The molecule has 3 nitrogen and oxygen atoms in total. The van der Waals surface area contributed by atoms with Crippen LogP contribution in [0.3, 0.4) is 0 Å². The normalized spacial score (nSPS) is 14.2. The molecule has 104 valence electrons. The van der Waals surface area contributed by atoms with Gasteiger partial charge in [0.2, 0.25) is 0 Å². The van der Waals surface area contributed by atoms with Crippen LogP contribution in [-0.4, -0.2) is 19.3 Å². The van der Waals surface area contributed by atoms with Gasteiger partial charge in [0.15, 0.2) is 11.5 Å². The molecule has 0 amide bonds. The smallest absolute Gasteiger partial charge is 0.161 e. The Morgan fingerprint density at radius 1 is 1.32 bits per heavy atom. The quantitative estimate of drug-likeness (QED) is 0.728. The van der Waals surface area contributed by atoms with E-state index in [-0.39, 0.29) is 0 Å². The van der Waals surface area contributed by atoms with Gasteiger partial charge in [-0.25, -0.2) is 0 Å². The largest absolute Gasteiger partial charge is 0.490 e. The van der Waals surface area contributed by atoms with Crippen molar-refractivity contribution in [3.05, 3.63) is 35.9 Å². The lowest BCUT2D eigenvalue weighted by atomic mass is 10.2. The first-order valence-electron chi connectivity index (χ1n) is 6.95. The Morgan fingerprint density at radius 3 is 2.74 bits per heavy atom. The van der Waals surface area contributed by atoms with E-state index in [2.05, 4.69) is 24.0 Å². The molecule has 1 aliphatic carbocycles. The molecule has 0 spiro atoms. The van der Waals surface area contributed by atoms with Gasteiger partial charge in [0.25, 0.3) is 0 Å². The molecule has 0 saturated heterocycles. The van der Waals surface area contributed by atoms with Gasteiger partial charge in [-0.1, -0.05) is 12.6 Å². The third-order valence-electron chi connectivity index (χ3n) is 2.95. The molecule has 1 saturated carbocycles. The summed E-state index contributed by atoms with van der Waals surface area (Å²) < 4.78 is 11.3. The minimum absolute atomic E-state index is 0.528. The van der Waals surface area contributed by atoms with Gasteiger partial charge < -0.3 is 14.8 Å². The molecular weight excluding hydrogens is 238 g/mol. The van der Waals surface area contributed by atoms with E-state index in [0.29, 0.717) is 13.2 Å². The SMILES string of the molecule is C=C(C)COc1ccc(CNC2CC2)cc1OCC. The lowest BCUT2D eigenvalue weighted by Crippen LogP contribution is -2.15. The second-order valence-corrected chi connectivity index (χ2v) is 5.12. The summed E-state index contributed by atoms with van der Waals surface area (Å²) in [6.07, 6.45) is 2.61. The molecule has 1 aromatic rings. The van der Waals surface area contributed by atoms with Crippen LogP contribution < -0.4 is 14.8 Å². The maximum atomic E-state index is 5.70. The standard InChI is InChI=1S/C16H23NO2/c1-4-18-16-9-13(10-17-14-6-7-14)5-8-15(16)19-11-12(2)3/h5,8-9,14,17H,2,4,6-7,10-11H2,1,3H3. The number of nitrogens with one attached hydrogen (secondary N) is 1. The summed E-state index contributed by atoms with van der Waals surface area (Å²) in [4.78, 5) is 0. The van der Waals surface area contributed by atoms with Gasteiger partial charge >= 0.3 is 0 Å². The van der Waals surface area contributed by atoms with E-state index in [0.717, 1.165) is 29.7 Å². The Kier molecular flexibility index (Phi) is 4.86. The van der Waals surface area contributed by atoms with Crippen molar-refractivity contribution >= 4 is 0 Å². The van der Waals surface area contributed by atoms with Gasteiger partial charge in [0, 0.05) is 12.6 Å². The molecule has 19 heavy (non-hydrogen) atoms. The zero-order chi connectivity index (χ0) is 13.7. The van der Waals surface area contributed by atoms with Crippen molar-refractivity contribution in [3.63, 3.8) is 0 Å². The highest BCUT2D eigenvalue weighted by Gasteiger charge is 2.20. The van der Waals surface area contributed by atoms with E-state index in [1.807, 2.05) is 19.9 Å². The third kappa shape index (κ3) is 4.60. The van der Waals surface area contributed by atoms with Crippen molar-refractivity contribution in [2.24, 2.45) is 0 Å². The van der Waals surface area contributed by atoms with Crippen LogP contribution in [0.2, 0.25) is 0 Å². The first kappa shape index (κ1) is 13.9. The van der Waals surface area contributed by atoms with Crippen LogP contribution in [-0.2, 0) is 6.54 Å². The first-order valence-corrected chi connectivity index (χ1v) is 6.95. The Morgan fingerprint density at radius 2 is 2.11 bits per heavy atom. The monoisotopic (exact) mass is 261 g/mol. The average Bonchev–Trinajstić information content (AvgIpc) is 3.19. The summed E-state index contributed by atoms with van der Waals surface area (Å²) in [7, 11) is 0. The summed E-state index contributed by atoms with van der Waals surface area (Å²) in [5.74, 6) is 1.61. The van der Waals surface area contributed by atoms with Crippen LogP contribution in [0, 0.1) is 0 Å². The molecule has 0 radical (unpaired) electrons. The summed E-state index contributed by atoms with van der Waals surface area (Å²) in [6.45, 7) is 9.84. The summed E-state index contributed by atoms with van der Waals surface area (Å²) in [5, 5.41) is 3.50. The highest BCUT2D eigenvalue weighted by atomic mass is 16.5. The van der Waals surface area contributed by atoms with Gasteiger partial charge in [0.05, 0.1) is 6.61 Å². The molecule has 1 N–H and O–H groups in total. The molecule has 0 bridgehead atoms. The lowest BCUT2D eigenvalue weighted by molar-refractivity contribution is 0.293. The van der Waals surface area contributed by atoms with Crippen LogP contribution in [0.1, 0.15) is 32.3 Å². The highest BCUT2D eigenvalue weighted by Crippen LogP contribution is 2.29. The zero-order valence-corrected chi connectivity index (χ0v) is 11.9. The molecule has 0 unspecified atom stereocenters. The fraction of sp³-hybridized carbons (Fsp3) is 0.500. The van der Waals surface area contributed by atoms with Crippen LogP contribution in [0.25, 0.3) is 0 Å². The van der Waals surface area contributed by atoms with Crippen molar-refractivity contribution in [2.45, 2.75) is 39.3 Å². The topological polar surface area (TPSA) is 30.5 Å². The van der Waals surface area contributed by atoms with Crippen LogP contribution >= 0.6 is 0 Å². The van der Waals surface area contributed by atoms with Crippen molar-refractivity contribution in [1.29, 1.82) is 0 Å². The maximum Gasteiger partial charge on any atom is 0.161 e. The van der Waals surface area contributed by atoms with E-state index < -0.39 is 0 Å². The minimum atomic E-state index is 0.528. The average molecular weight is 261 g/mol. The second kappa shape index (κ2) is 6.62. The van der Waals surface area contributed by atoms with Crippen molar-refractivity contribution < 1.29 is 9.47 Å². The van der Waals surface area contributed by atoms with E-state index in [9.17, 15) is 0 Å². The molecule has 1 fully saturated rings. The highest BCUT2D eigenvalue weighted by molar-refractivity contribution is 5.43. The second-order valence-electron chi connectivity index (χ2n) is 5.12. The number of hydrogen-bond donors (Lipinski definition) is 1. The van der Waals surface area contributed by atoms with Crippen LogP contribution in [0.4, 0.5) is 0 Å². The zero-order valence-electron chi connectivity index (χ0n) is 11.9. The molecule has 0 heterocycles.